The summed E-state index contributed by atoms with van der Waals surface area (Å²) in [6.45, 7) is 2.31. The van der Waals surface area contributed by atoms with Crippen molar-refractivity contribution in [1.29, 1.82) is 0 Å². The second-order valence-electron chi connectivity index (χ2n) is 12.3. The van der Waals surface area contributed by atoms with Gasteiger partial charge in [0.05, 0.1) is 20.1 Å². The Labute approximate surface area is 261 Å². The number of rotatable bonds is 8. The van der Waals surface area contributed by atoms with Crippen LogP contribution in [0.3, 0.4) is 0 Å². The van der Waals surface area contributed by atoms with E-state index in [4.69, 9.17) is 46.4 Å². The van der Waals surface area contributed by atoms with Gasteiger partial charge in [0, 0.05) is 37.1 Å². The number of aliphatic hydroxyl groups is 2. The van der Waals surface area contributed by atoms with Crippen LogP contribution in [0, 0.1) is 11.8 Å². The van der Waals surface area contributed by atoms with Crippen LogP contribution in [0.25, 0.3) is 0 Å². The molecule has 2 saturated carbocycles. The second-order valence-corrected chi connectivity index (χ2v) is 13.9. The van der Waals surface area contributed by atoms with Crippen molar-refractivity contribution >= 4 is 46.4 Å². The van der Waals surface area contributed by atoms with Crippen molar-refractivity contribution in [2.24, 2.45) is 11.8 Å². The van der Waals surface area contributed by atoms with Crippen molar-refractivity contribution < 1.29 is 10.2 Å². The highest BCUT2D eigenvalue weighted by Crippen LogP contribution is 2.46. The van der Waals surface area contributed by atoms with Crippen LogP contribution in [-0.4, -0.2) is 74.5 Å². The molecule has 0 spiro atoms. The first-order chi connectivity index (χ1) is 19.0. The number of aliphatic hydroxyl groups excluding tert-OH is 2. The Bertz CT molecular complexity index is 1010. The van der Waals surface area contributed by atoms with Crippen molar-refractivity contribution in [2.75, 3.05) is 54.5 Å². The molecule has 4 rings (SSSR count). The lowest BCUT2D eigenvalue weighted by Gasteiger charge is -2.46. The zero-order valence-corrected chi connectivity index (χ0v) is 27.4. The number of hydrogen-bond acceptors (Lipinski definition) is 4. The van der Waals surface area contributed by atoms with Gasteiger partial charge in [-0.25, -0.2) is 0 Å². The summed E-state index contributed by atoms with van der Waals surface area (Å²) in [4.78, 5) is 4.41. The van der Waals surface area contributed by atoms with Crippen molar-refractivity contribution in [3.05, 3.63) is 67.6 Å². The summed E-state index contributed by atoms with van der Waals surface area (Å²) in [6.07, 6.45) is 9.12. The lowest BCUT2D eigenvalue weighted by molar-refractivity contribution is 0.0821. The first-order valence-electron chi connectivity index (χ1n) is 14.4. The van der Waals surface area contributed by atoms with Gasteiger partial charge in [0.2, 0.25) is 0 Å². The Morgan fingerprint density at radius 2 is 1.00 bits per heavy atom. The van der Waals surface area contributed by atoms with Crippen molar-refractivity contribution in [1.82, 2.24) is 9.80 Å². The molecule has 0 bridgehead atoms. The Balaban J connectivity index is 0.000000220. The van der Waals surface area contributed by atoms with E-state index in [0.717, 1.165) is 38.8 Å². The second kappa shape index (κ2) is 15.3. The standard InChI is InChI=1S/2C16H23Cl2NO/c2*1-19(2)11-16(8-4-3-5-13(16)10-20)12-6-7-14(17)15(18)9-12/h2*6-7,9,13,20H,3-5,8,10-11H2,1-2H3/t2*13-,16+/m10/s1. The summed E-state index contributed by atoms with van der Waals surface area (Å²) in [6, 6.07) is 11.9. The van der Waals surface area contributed by atoms with Gasteiger partial charge in [0.25, 0.3) is 0 Å². The molecule has 0 amide bonds. The molecule has 2 aliphatic carbocycles. The predicted octanol–water partition coefficient (Wildman–Crippen LogP) is 7.95. The highest BCUT2D eigenvalue weighted by Gasteiger charge is 2.43. The fourth-order valence-corrected chi connectivity index (χ4v) is 7.85. The zero-order chi connectivity index (χ0) is 29.5. The van der Waals surface area contributed by atoms with E-state index in [1.54, 1.807) is 0 Å². The molecule has 40 heavy (non-hydrogen) atoms. The van der Waals surface area contributed by atoms with Crippen molar-refractivity contribution in [2.45, 2.75) is 62.2 Å². The monoisotopic (exact) mass is 630 g/mol. The van der Waals surface area contributed by atoms with E-state index in [2.05, 4.69) is 50.1 Å². The Kier molecular flexibility index (Phi) is 12.9. The van der Waals surface area contributed by atoms with Gasteiger partial charge in [-0.05, 0) is 101 Å². The van der Waals surface area contributed by atoms with Crippen molar-refractivity contribution in [3.8, 4) is 0 Å². The fourth-order valence-electron chi connectivity index (χ4n) is 7.25. The molecule has 4 atom stereocenters. The number of likely N-dealkylation sites (N-methyl/N-ethyl adjacent to an activating group) is 2. The first kappa shape index (κ1) is 33.9. The predicted molar refractivity (Wildman–Crippen MR) is 171 cm³/mol. The van der Waals surface area contributed by atoms with Crippen LogP contribution in [0.2, 0.25) is 20.1 Å². The molecule has 2 aromatic rings. The topological polar surface area (TPSA) is 46.9 Å². The summed E-state index contributed by atoms with van der Waals surface area (Å²) >= 11 is 24.5. The molecule has 0 saturated heterocycles. The molecule has 8 heteroatoms. The average molecular weight is 633 g/mol. The molecular formula is C32H46Cl4N2O2. The van der Waals surface area contributed by atoms with Gasteiger partial charge in [0.1, 0.15) is 0 Å². The van der Waals surface area contributed by atoms with Gasteiger partial charge in [-0.3, -0.25) is 0 Å². The van der Waals surface area contributed by atoms with Crippen LogP contribution < -0.4 is 0 Å². The Hall–Kier alpha value is -0.560. The van der Waals surface area contributed by atoms with Crippen LogP contribution in [0.15, 0.2) is 36.4 Å². The van der Waals surface area contributed by atoms with Crippen LogP contribution in [0.4, 0.5) is 0 Å². The van der Waals surface area contributed by atoms with Gasteiger partial charge in [-0.1, -0.05) is 84.2 Å². The van der Waals surface area contributed by atoms with E-state index < -0.39 is 0 Å². The lowest BCUT2D eigenvalue weighted by atomic mass is 9.62. The molecule has 2 N–H and O–H groups in total. The first-order valence-corrected chi connectivity index (χ1v) is 15.9. The van der Waals surface area contributed by atoms with E-state index >= 15 is 0 Å². The third-order valence-electron chi connectivity index (χ3n) is 9.04. The molecule has 224 valence electrons. The maximum absolute atomic E-state index is 9.85. The molecule has 0 aromatic heterocycles. The number of halogens is 4. The largest absolute Gasteiger partial charge is 0.396 e. The molecule has 0 heterocycles. The maximum Gasteiger partial charge on any atom is 0.0595 e. The molecule has 0 aliphatic heterocycles. The third-order valence-corrected chi connectivity index (χ3v) is 10.5. The molecule has 4 nitrogen and oxygen atoms in total. The summed E-state index contributed by atoms with van der Waals surface area (Å²) < 4.78 is 0. The maximum atomic E-state index is 9.85. The Morgan fingerprint density at radius 1 is 0.625 bits per heavy atom. The highest BCUT2D eigenvalue weighted by atomic mass is 35.5. The SMILES string of the molecule is CN(C)C[C@@]1(c2ccc(Cl)c(Cl)c2)CCCC[C@H]1CO.CN(C)C[C@]1(c2ccc(Cl)c(Cl)c2)CCCC[C@@H]1CO. The van der Waals surface area contributed by atoms with Gasteiger partial charge in [-0.2, -0.15) is 0 Å². The van der Waals surface area contributed by atoms with Crippen molar-refractivity contribution in [3.63, 3.8) is 0 Å². The number of nitrogens with zero attached hydrogens (tertiary/aromatic N) is 2. The molecule has 0 radical (unpaired) electrons. The van der Waals surface area contributed by atoms with E-state index in [-0.39, 0.29) is 35.9 Å². The molecule has 2 aliphatic rings. The average Bonchev–Trinajstić information content (AvgIpc) is 2.91. The highest BCUT2D eigenvalue weighted by molar-refractivity contribution is 6.42. The van der Waals surface area contributed by atoms with E-state index in [1.165, 1.54) is 36.8 Å². The van der Waals surface area contributed by atoms with Crippen LogP contribution in [0.5, 0.6) is 0 Å². The minimum absolute atomic E-state index is 0.0231. The van der Waals surface area contributed by atoms with Crippen LogP contribution in [-0.2, 0) is 10.8 Å². The molecular weight excluding hydrogens is 586 g/mol. The summed E-state index contributed by atoms with van der Waals surface area (Å²) in [5.74, 6) is 0.576. The van der Waals surface area contributed by atoms with E-state index in [0.29, 0.717) is 20.1 Å². The zero-order valence-electron chi connectivity index (χ0n) is 24.4. The minimum Gasteiger partial charge on any atom is -0.396 e. The van der Waals surface area contributed by atoms with E-state index in [1.807, 2.05) is 24.3 Å². The third kappa shape index (κ3) is 7.88. The van der Waals surface area contributed by atoms with Gasteiger partial charge < -0.3 is 20.0 Å². The summed E-state index contributed by atoms with van der Waals surface area (Å²) in [7, 11) is 8.34. The van der Waals surface area contributed by atoms with Gasteiger partial charge in [-0.15, -0.1) is 0 Å². The minimum atomic E-state index is -0.0231. The molecule has 2 fully saturated rings. The van der Waals surface area contributed by atoms with Crippen LogP contribution in [0.1, 0.15) is 62.5 Å². The summed E-state index contributed by atoms with van der Waals surface area (Å²) in [5, 5.41) is 22.1. The van der Waals surface area contributed by atoms with Crippen LogP contribution >= 0.6 is 46.4 Å². The fraction of sp³-hybridized carbons (Fsp3) is 0.625. The van der Waals surface area contributed by atoms with Gasteiger partial charge in [0.15, 0.2) is 0 Å². The molecule has 0 unspecified atom stereocenters. The number of benzene rings is 2. The summed E-state index contributed by atoms with van der Waals surface area (Å²) in [5.41, 5.74) is 2.37. The normalized spacial score (nSPS) is 27.0. The van der Waals surface area contributed by atoms with E-state index in [9.17, 15) is 10.2 Å². The Morgan fingerprint density at radius 3 is 1.30 bits per heavy atom. The number of hydrogen-bond donors (Lipinski definition) is 2. The lowest BCUT2D eigenvalue weighted by Crippen LogP contribution is -2.47. The quantitative estimate of drug-likeness (QED) is 0.310. The van der Waals surface area contributed by atoms with Gasteiger partial charge >= 0.3 is 0 Å². The molecule has 2 aromatic carbocycles. The smallest absolute Gasteiger partial charge is 0.0595 e.